The van der Waals surface area contributed by atoms with Crippen molar-refractivity contribution in [1.29, 1.82) is 0 Å². The van der Waals surface area contributed by atoms with Gasteiger partial charge in [0.2, 0.25) is 0 Å². The number of hydrogen-bond donors (Lipinski definition) is 2. The van der Waals surface area contributed by atoms with Crippen LogP contribution in [0.15, 0.2) is 0 Å². The van der Waals surface area contributed by atoms with Crippen molar-refractivity contribution in [2.45, 2.75) is 39.8 Å². The van der Waals surface area contributed by atoms with Gasteiger partial charge >= 0.3 is 23.1 Å². The van der Waals surface area contributed by atoms with Gasteiger partial charge in [0, 0.05) is 12.1 Å². The lowest BCUT2D eigenvalue weighted by atomic mass is 10.4. The molecule has 0 rings (SSSR count). The molecule has 14 heteroatoms. The van der Waals surface area contributed by atoms with E-state index in [1.54, 1.807) is 84.1 Å². The summed E-state index contributed by atoms with van der Waals surface area (Å²) in [7, 11) is 2.73. The van der Waals surface area contributed by atoms with Crippen LogP contribution in [0.3, 0.4) is 0 Å². The maximum atomic E-state index is 12.9. The SMILES string of the molecule is CC(C)NP(=O)(F)NC(C)C.CN(C)P(=O)(OP(=O)(N(C)C)N(C)C)N(C)C. The second-order valence-corrected chi connectivity index (χ2v) is 14.9. The minimum absolute atomic E-state index is 0.114. The first kappa shape index (κ1) is 30.5. The van der Waals surface area contributed by atoms with E-state index in [1.165, 1.54) is 18.7 Å². The smallest absolute Gasteiger partial charge is 0.255 e. The third kappa shape index (κ3) is 10.4. The molecule has 0 aromatic heterocycles. The summed E-state index contributed by atoms with van der Waals surface area (Å²) in [6.07, 6.45) is 0. The molecule has 0 saturated heterocycles. The first-order valence-electron chi connectivity index (χ1n) is 8.79. The van der Waals surface area contributed by atoms with E-state index in [0.717, 1.165) is 0 Å². The molecule has 28 heavy (non-hydrogen) atoms. The lowest BCUT2D eigenvalue weighted by molar-refractivity contribution is 0.303. The molecule has 0 atom stereocenters. The van der Waals surface area contributed by atoms with Crippen LogP contribution in [0.2, 0.25) is 0 Å². The first-order valence-corrected chi connectivity index (χ1v) is 13.5. The molecule has 0 aliphatic rings. The van der Waals surface area contributed by atoms with E-state index in [4.69, 9.17) is 4.31 Å². The summed E-state index contributed by atoms with van der Waals surface area (Å²) in [5, 5.41) is 4.66. The van der Waals surface area contributed by atoms with Gasteiger partial charge in [-0.25, -0.2) is 33.2 Å². The summed E-state index contributed by atoms with van der Waals surface area (Å²) >= 11 is 0. The predicted octanol–water partition coefficient (Wildman–Crippen LogP) is 3.53. The summed E-state index contributed by atoms with van der Waals surface area (Å²) in [5.74, 6) is 0. The van der Waals surface area contributed by atoms with E-state index in [1.807, 2.05) is 0 Å². The fourth-order valence-electron chi connectivity index (χ4n) is 1.85. The van der Waals surface area contributed by atoms with Crippen molar-refractivity contribution in [3.05, 3.63) is 0 Å². The van der Waals surface area contributed by atoms with Crippen molar-refractivity contribution in [1.82, 2.24) is 28.9 Å². The Hall–Kier alpha value is 0.340. The molecule has 0 aliphatic heterocycles. The zero-order valence-electron chi connectivity index (χ0n) is 19.3. The summed E-state index contributed by atoms with van der Waals surface area (Å²) in [6, 6.07) is -0.228. The van der Waals surface area contributed by atoms with Crippen LogP contribution in [0.5, 0.6) is 0 Å². The molecule has 0 fully saturated rings. The average Bonchev–Trinajstić information content (AvgIpc) is 2.43. The van der Waals surface area contributed by atoms with Gasteiger partial charge in [-0.3, -0.25) is 13.7 Å². The molecule has 0 amide bonds. The van der Waals surface area contributed by atoms with E-state index in [0.29, 0.717) is 0 Å². The van der Waals surface area contributed by atoms with Crippen molar-refractivity contribution >= 4 is 23.1 Å². The number of halogens is 1. The van der Waals surface area contributed by atoms with Crippen LogP contribution in [0.4, 0.5) is 4.20 Å². The fourth-order valence-corrected chi connectivity index (χ4v) is 8.13. The molecule has 0 bridgehead atoms. The minimum atomic E-state index is -3.80. The van der Waals surface area contributed by atoms with Crippen LogP contribution in [-0.2, 0) is 18.0 Å². The molecule has 0 heterocycles. The van der Waals surface area contributed by atoms with Crippen LogP contribution in [0.25, 0.3) is 0 Å². The Morgan fingerprint density at radius 2 is 0.857 bits per heavy atom. The van der Waals surface area contributed by atoms with E-state index >= 15 is 0 Å². The van der Waals surface area contributed by atoms with Gasteiger partial charge in [-0.2, -0.15) is 4.20 Å². The van der Waals surface area contributed by atoms with Crippen LogP contribution in [0, 0.1) is 0 Å². The molecule has 0 aromatic rings. The molecule has 0 spiro atoms. The van der Waals surface area contributed by atoms with Gasteiger partial charge in [0.15, 0.2) is 0 Å². The third-order valence-corrected chi connectivity index (χ3v) is 10.5. The highest BCUT2D eigenvalue weighted by atomic mass is 31.3. The van der Waals surface area contributed by atoms with Crippen molar-refractivity contribution in [2.75, 3.05) is 56.4 Å². The fraction of sp³-hybridized carbons (Fsp3) is 1.00. The molecule has 172 valence electrons. The Kier molecular flexibility index (Phi) is 13.4. The molecule has 0 unspecified atom stereocenters. The molecule has 0 saturated carbocycles. The Balaban J connectivity index is 0. The average molecular weight is 468 g/mol. The summed E-state index contributed by atoms with van der Waals surface area (Å²) < 4.78 is 60.4. The maximum Gasteiger partial charge on any atom is 0.378 e. The van der Waals surface area contributed by atoms with E-state index < -0.39 is 23.1 Å². The van der Waals surface area contributed by atoms with Gasteiger partial charge in [-0.15, -0.1) is 0 Å². The van der Waals surface area contributed by atoms with Crippen LogP contribution in [0.1, 0.15) is 27.7 Å². The van der Waals surface area contributed by atoms with E-state index in [9.17, 15) is 17.9 Å². The van der Waals surface area contributed by atoms with Gasteiger partial charge in [0.25, 0.3) is 0 Å². The Morgan fingerprint density at radius 1 is 0.643 bits per heavy atom. The minimum Gasteiger partial charge on any atom is -0.255 e. The summed E-state index contributed by atoms with van der Waals surface area (Å²) in [5.41, 5.74) is 0. The Morgan fingerprint density at radius 3 is 1.00 bits per heavy atom. The molecule has 0 aromatic carbocycles. The molecule has 0 aliphatic carbocycles. The van der Waals surface area contributed by atoms with Gasteiger partial charge in [0.1, 0.15) is 0 Å². The molecule has 0 radical (unpaired) electrons. The van der Waals surface area contributed by atoms with E-state index in [-0.39, 0.29) is 12.1 Å². The first-order chi connectivity index (χ1) is 12.3. The zero-order chi connectivity index (χ0) is 23.1. The lowest BCUT2D eigenvalue weighted by Gasteiger charge is -2.36. The topological polar surface area (TPSA) is 97.5 Å². The van der Waals surface area contributed by atoms with E-state index in [2.05, 4.69) is 10.2 Å². The number of rotatable bonds is 10. The summed E-state index contributed by atoms with van der Waals surface area (Å²) in [4.78, 5) is 0. The zero-order valence-corrected chi connectivity index (χ0v) is 22.0. The van der Waals surface area contributed by atoms with Crippen molar-refractivity contribution < 1.29 is 22.2 Å². The van der Waals surface area contributed by atoms with Crippen LogP contribution in [-0.4, -0.2) is 87.1 Å². The van der Waals surface area contributed by atoms with Crippen molar-refractivity contribution in [3.8, 4) is 0 Å². The molecule has 2 N–H and O–H groups in total. The number of hydrogen-bond acceptors (Lipinski definition) is 4. The normalized spacial score (nSPS) is 13.8. The molecule has 10 nitrogen and oxygen atoms in total. The highest BCUT2D eigenvalue weighted by Gasteiger charge is 2.42. The molecular formula is C14H40FN6O4P3. The Bertz CT molecular complexity index is 532. The molecular weight excluding hydrogens is 428 g/mol. The number of nitrogens with one attached hydrogen (secondary N) is 2. The number of nitrogens with zero attached hydrogens (tertiary/aromatic N) is 4. The van der Waals surface area contributed by atoms with Gasteiger partial charge in [-0.05, 0) is 84.1 Å². The maximum absolute atomic E-state index is 12.9. The second kappa shape index (κ2) is 12.3. The largest absolute Gasteiger partial charge is 0.378 e. The monoisotopic (exact) mass is 468 g/mol. The standard InChI is InChI=1S/C8H24N4O3P2.C6H16FN2OP/c1-9(2)16(13,10(3)4)15-17(14,11(5)6)12(7)8;1-5(2)8-11(7,10)9-6(3)4/h1-8H3;5-6H,1-4H3,(H2,8,9,10). The summed E-state index contributed by atoms with van der Waals surface area (Å²) in [6.45, 7) is 6.98. The van der Waals surface area contributed by atoms with Gasteiger partial charge < -0.3 is 0 Å². The predicted molar refractivity (Wildman–Crippen MR) is 116 cm³/mol. The van der Waals surface area contributed by atoms with Crippen LogP contribution < -0.4 is 10.2 Å². The Labute approximate surface area is 170 Å². The van der Waals surface area contributed by atoms with Crippen molar-refractivity contribution in [2.24, 2.45) is 0 Å². The van der Waals surface area contributed by atoms with Gasteiger partial charge in [-0.1, -0.05) is 0 Å². The highest BCUT2D eigenvalue weighted by Crippen LogP contribution is 2.66. The second-order valence-electron chi connectivity index (χ2n) is 7.55. The third-order valence-electron chi connectivity index (χ3n) is 3.08. The van der Waals surface area contributed by atoms with Crippen molar-refractivity contribution in [3.63, 3.8) is 0 Å². The van der Waals surface area contributed by atoms with Gasteiger partial charge in [0.05, 0.1) is 0 Å². The quantitative estimate of drug-likeness (QED) is 0.464. The highest BCUT2D eigenvalue weighted by molar-refractivity contribution is 7.67. The lowest BCUT2D eigenvalue weighted by Crippen LogP contribution is -2.29. The van der Waals surface area contributed by atoms with Crippen LogP contribution >= 0.6 is 23.1 Å².